The summed E-state index contributed by atoms with van der Waals surface area (Å²) in [5, 5.41) is 0. The highest BCUT2D eigenvalue weighted by atomic mass is 79.9. The molecule has 0 aromatic heterocycles. The Kier molecular flexibility index (Phi) is 5.59. The Morgan fingerprint density at radius 1 is 1.44 bits per heavy atom. The normalized spacial score (nSPS) is 12.1. The van der Waals surface area contributed by atoms with Gasteiger partial charge in [-0.2, -0.15) is 0 Å². The third-order valence-corrected chi connectivity index (χ3v) is 3.27. The lowest BCUT2D eigenvalue weighted by Gasteiger charge is -2.23. The lowest BCUT2D eigenvalue weighted by atomic mass is 10.3. The van der Waals surface area contributed by atoms with Crippen LogP contribution in [0.25, 0.3) is 0 Å². The van der Waals surface area contributed by atoms with Crippen molar-refractivity contribution in [1.29, 1.82) is 0 Å². The molecule has 3 nitrogen and oxygen atoms in total. The SMILES string of the molecule is CCN(CC)C(=O)C(C)Oc1ccc(Br)c(F)c1. The van der Waals surface area contributed by atoms with Gasteiger partial charge in [0, 0.05) is 19.2 Å². The summed E-state index contributed by atoms with van der Waals surface area (Å²) in [5.74, 6) is -0.151. The van der Waals surface area contributed by atoms with E-state index in [0.717, 1.165) is 0 Å². The molecule has 0 N–H and O–H groups in total. The summed E-state index contributed by atoms with van der Waals surface area (Å²) in [5.41, 5.74) is 0. The number of rotatable bonds is 5. The average molecular weight is 318 g/mol. The zero-order chi connectivity index (χ0) is 13.7. The van der Waals surface area contributed by atoms with Gasteiger partial charge in [-0.3, -0.25) is 4.79 Å². The molecule has 1 unspecified atom stereocenters. The molecule has 0 bridgehead atoms. The summed E-state index contributed by atoms with van der Waals surface area (Å²) in [4.78, 5) is 13.6. The number of carbonyl (C=O) groups is 1. The highest BCUT2D eigenvalue weighted by molar-refractivity contribution is 9.10. The first-order valence-electron chi connectivity index (χ1n) is 5.90. The van der Waals surface area contributed by atoms with Gasteiger partial charge in [0.05, 0.1) is 4.47 Å². The number of amides is 1. The van der Waals surface area contributed by atoms with Crippen molar-refractivity contribution in [1.82, 2.24) is 4.90 Å². The van der Waals surface area contributed by atoms with Crippen LogP contribution in [0.2, 0.25) is 0 Å². The van der Waals surface area contributed by atoms with Gasteiger partial charge in [-0.25, -0.2) is 4.39 Å². The fourth-order valence-electron chi connectivity index (χ4n) is 1.60. The molecule has 0 radical (unpaired) electrons. The Bertz CT molecular complexity index is 421. The van der Waals surface area contributed by atoms with E-state index < -0.39 is 11.9 Å². The Hall–Kier alpha value is -1.10. The molecule has 0 saturated heterocycles. The topological polar surface area (TPSA) is 29.5 Å². The lowest BCUT2D eigenvalue weighted by molar-refractivity contribution is -0.137. The van der Waals surface area contributed by atoms with Crippen molar-refractivity contribution in [3.8, 4) is 5.75 Å². The summed E-state index contributed by atoms with van der Waals surface area (Å²) >= 11 is 3.06. The van der Waals surface area contributed by atoms with Crippen molar-refractivity contribution in [3.63, 3.8) is 0 Å². The van der Waals surface area contributed by atoms with Crippen molar-refractivity contribution in [3.05, 3.63) is 28.5 Å². The van der Waals surface area contributed by atoms with E-state index in [1.54, 1.807) is 24.0 Å². The molecule has 0 spiro atoms. The molecule has 18 heavy (non-hydrogen) atoms. The molecule has 0 aliphatic carbocycles. The monoisotopic (exact) mass is 317 g/mol. The predicted molar refractivity (Wildman–Crippen MR) is 72.1 cm³/mol. The molecule has 1 aromatic rings. The maximum Gasteiger partial charge on any atom is 0.263 e. The van der Waals surface area contributed by atoms with Crippen molar-refractivity contribution >= 4 is 21.8 Å². The highest BCUT2D eigenvalue weighted by Gasteiger charge is 2.19. The largest absolute Gasteiger partial charge is 0.481 e. The zero-order valence-corrected chi connectivity index (χ0v) is 12.3. The number of likely N-dealkylation sites (N-methyl/N-ethyl adjacent to an activating group) is 1. The highest BCUT2D eigenvalue weighted by Crippen LogP contribution is 2.21. The van der Waals surface area contributed by atoms with Gasteiger partial charge in [-0.15, -0.1) is 0 Å². The number of hydrogen-bond donors (Lipinski definition) is 0. The molecule has 0 heterocycles. The molecule has 0 fully saturated rings. The van der Waals surface area contributed by atoms with Crippen LogP contribution in [-0.2, 0) is 4.79 Å². The van der Waals surface area contributed by atoms with Gasteiger partial charge < -0.3 is 9.64 Å². The van der Waals surface area contributed by atoms with Crippen LogP contribution in [-0.4, -0.2) is 30.0 Å². The first-order chi connectivity index (χ1) is 8.49. The molecular formula is C13H17BrFNO2. The van der Waals surface area contributed by atoms with Gasteiger partial charge >= 0.3 is 0 Å². The summed E-state index contributed by atoms with van der Waals surface area (Å²) in [6, 6.07) is 4.44. The van der Waals surface area contributed by atoms with Gasteiger partial charge in [-0.1, -0.05) is 0 Å². The first-order valence-corrected chi connectivity index (χ1v) is 6.69. The van der Waals surface area contributed by atoms with Gasteiger partial charge in [0.15, 0.2) is 6.10 Å². The number of hydrogen-bond acceptors (Lipinski definition) is 2. The van der Waals surface area contributed by atoms with Crippen molar-refractivity contribution in [2.45, 2.75) is 26.9 Å². The standard InChI is InChI=1S/C13H17BrFNO2/c1-4-16(5-2)13(17)9(3)18-10-6-7-11(14)12(15)8-10/h6-9H,4-5H2,1-3H3. The quantitative estimate of drug-likeness (QED) is 0.834. The van der Waals surface area contributed by atoms with Crippen LogP contribution in [0, 0.1) is 5.82 Å². The van der Waals surface area contributed by atoms with Crippen LogP contribution >= 0.6 is 15.9 Å². The molecule has 1 rings (SSSR count). The van der Waals surface area contributed by atoms with E-state index in [9.17, 15) is 9.18 Å². The van der Waals surface area contributed by atoms with Crippen molar-refractivity contribution in [2.24, 2.45) is 0 Å². The molecule has 1 aromatic carbocycles. The minimum atomic E-state index is -0.620. The maximum absolute atomic E-state index is 13.3. The predicted octanol–water partition coefficient (Wildman–Crippen LogP) is 3.22. The third kappa shape index (κ3) is 3.70. The second-order valence-electron chi connectivity index (χ2n) is 3.85. The van der Waals surface area contributed by atoms with Crippen LogP contribution in [0.4, 0.5) is 4.39 Å². The van der Waals surface area contributed by atoms with Gasteiger partial charge in [0.25, 0.3) is 5.91 Å². The fourth-order valence-corrected chi connectivity index (χ4v) is 1.84. The zero-order valence-electron chi connectivity index (χ0n) is 10.7. The Labute approximate surface area is 115 Å². The van der Waals surface area contributed by atoms with Gasteiger partial charge in [0.1, 0.15) is 11.6 Å². The summed E-state index contributed by atoms with van der Waals surface area (Å²) in [6.07, 6.45) is -0.620. The summed E-state index contributed by atoms with van der Waals surface area (Å²) in [6.45, 7) is 6.76. The van der Waals surface area contributed by atoms with E-state index in [0.29, 0.717) is 23.3 Å². The van der Waals surface area contributed by atoms with Crippen LogP contribution < -0.4 is 4.74 Å². The molecule has 5 heteroatoms. The minimum absolute atomic E-state index is 0.0941. The Balaban J connectivity index is 2.71. The van der Waals surface area contributed by atoms with E-state index in [1.165, 1.54) is 6.07 Å². The second kappa shape index (κ2) is 6.73. The Morgan fingerprint density at radius 2 is 2.06 bits per heavy atom. The molecule has 1 atom stereocenters. The van der Waals surface area contributed by atoms with Crippen LogP contribution in [0.5, 0.6) is 5.75 Å². The van der Waals surface area contributed by atoms with Crippen molar-refractivity contribution < 1.29 is 13.9 Å². The Morgan fingerprint density at radius 3 is 2.56 bits per heavy atom. The summed E-state index contributed by atoms with van der Waals surface area (Å²) in [7, 11) is 0. The average Bonchev–Trinajstić information content (AvgIpc) is 2.35. The maximum atomic E-state index is 13.3. The van der Waals surface area contributed by atoms with E-state index in [4.69, 9.17) is 4.74 Å². The molecule has 0 aliphatic heterocycles. The fraction of sp³-hybridized carbons (Fsp3) is 0.462. The van der Waals surface area contributed by atoms with E-state index >= 15 is 0 Å². The number of nitrogens with zero attached hydrogens (tertiary/aromatic N) is 1. The summed E-state index contributed by atoms with van der Waals surface area (Å²) < 4.78 is 19.1. The smallest absolute Gasteiger partial charge is 0.263 e. The third-order valence-electron chi connectivity index (χ3n) is 2.63. The number of carbonyl (C=O) groups excluding carboxylic acids is 1. The van der Waals surface area contributed by atoms with Crippen molar-refractivity contribution in [2.75, 3.05) is 13.1 Å². The van der Waals surface area contributed by atoms with Gasteiger partial charge in [-0.05, 0) is 48.8 Å². The molecule has 0 aliphatic rings. The van der Waals surface area contributed by atoms with E-state index in [1.807, 2.05) is 13.8 Å². The second-order valence-corrected chi connectivity index (χ2v) is 4.70. The molecule has 100 valence electrons. The lowest BCUT2D eigenvalue weighted by Crippen LogP contribution is -2.40. The number of ether oxygens (including phenoxy) is 1. The molecule has 0 saturated carbocycles. The molecular weight excluding hydrogens is 301 g/mol. The van der Waals surface area contributed by atoms with Crippen LogP contribution in [0.15, 0.2) is 22.7 Å². The van der Waals surface area contributed by atoms with E-state index in [2.05, 4.69) is 15.9 Å². The number of benzene rings is 1. The van der Waals surface area contributed by atoms with Crippen LogP contribution in [0.3, 0.4) is 0 Å². The molecule has 1 amide bonds. The minimum Gasteiger partial charge on any atom is -0.481 e. The number of halogens is 2. The first kappa shape index (κ1) is 15.0. The van der Waals surface area contributed by atoms with Crippen LogP contribution in [0.1, 0.15) is 20.8 Å². The van der Waals surface area contributed by atoms with E-state index in [-0.39, 0.29) is 5.91 Å². The van der Waals surface area contributed by atoms with Gasteiger partial charge in [0.2, 0.25) is 0 Å².